The number of rotatable bonds is 2. The van der Waals surface area contributed by atoms with Crippen LogP contribution in [-0.4, -0.2) is 10.3 Å². The van der Waals surface area contributed by atoms with E-state index in [0.717, 1.165) is 16.7 Å². The number of hydrogen-bond donors (Lipinski definition) is 2. The van der Waals surface area contributed by atoms with Crippen molar-refractivity contribution in [2.75, 3.05) is 5.32 Å². The normalized spacial score (nSPS) is 9.88. The highest BCUT2D eigenvalue weighted by Crippen LogP contribution is 2.21. The number of phenolic OH excluding ortho intramolecular Hbond substituents is 1. The molecule has 0 unspecified atom stereocenters. The quantitative estimate of drug-likeness (QED) is 0.626. The maximum absolute atomic E-state index is 11.7. The number of nitrogens with one attached hydrogen (secondary N) is 1. The third kappa shape index (κ3) is 3.53. The highest BCUT2D eigenvalue weighted by molar-refractivity contribution is 8.13. The summed E-state index contributed by atoms with van der Waals surface area (Å²) in [4.78, 5) is 12.5. The standard InChI is InChI=1S/C13H11NO2S/c15-11-8-6-10(7-9-11)14-13(16)17-12-4-2-1-3-5-12/h1-9,15H,(H,14,16). The van der Waals surface area contributed by atoms with Gasteiger partial charge in [0.2, 0.25) is 0 Å². The number of carbonyl (C=O) groups excluding carboxylic acids is 1. The van der Waals surface area contributed by atoms with E-state index < -0.39 is 0 Å². The molecule has 0 atom stereocenters. The smallest absolute Gasteiger partial charge is 0.288 e. The highest BCUT2D eigenvalue weighted by Gasteiger charge is 2.04. The van der Waals surface area contributed by atoms with Crippen molar-refractivity contribution < 1.29 is 9.90 Å². The first-order valence-corrected chi connectivity index (χ1v) is 5.88. The zero-order valence-electron chi connectivity index (χ0n) is 8.96. The summed E-state index contributed by atoms with van der Waals surface area (Å²) in [6.45, 7) is 0. The number of aromatic hydroxyl groups is 1. The zero-order valence-corrected chi connectivity index (χ0v) is 9.78. The molecule has 4 heteroatoms. The Balaban J connectivity index is 1.96. The first kappa shape index (κ1) is 11.5. The van der Waals surface area contributed by atoms with Crippen molar-refractivity contribution in [2.24, 2.45) is 0 Å². The summed E-state index contributed by atoms with van der Waals surface area (Å²) in [5.41, 5.74) is 0.663. The topological polar surface area (TPSA) is 49.3 Å². The molecule has 2 aromatic rings. The number of hydrogen-bond acceptors (Lipinski definition) is 3. The minimum atomic E-state index is -0.151. The van der Waals surface area contributed by atoms with Crippen molar-refractivity contribution in [2.45, 2.75) is 4.90 Å². The lowest BCUT2D eigenvalue weighted by Crippen LogP contribution is -2.04. The SMILES string of the molecule is O=C(Nc1ccc(O)cc1)Sc1ccccc1. The van der Waals surface area contributed by atoms with E-state index in [2.05, 4.69) is 5.32 Å². The van der Waals surface area contributed by atoms with Gasteiger partial charge in [-0.3, -0.25) is 4.79 Å². The van der Waals surface area contributed by atoms with Gasteiger partial charge >= 0.3 is 0 Å². The molecule has 2 aromatic carbocycles. The molecule has 2 rings (SSSR count). The molecule has 86 valence electrons. The summed E-state index contributed by atoms with van der Waals surface area (Å²) in [5.74, 6) is 0.179. The van der Waals surface area contributed by atoms with Gasteiger partial charge in [-0.1, -0.05) is 18.2 Å². The summed E-state index contributed by atoms with van der Waals surface area (Å²) in [6.07, 6.45) is 0. The van der Waals surface area contributed by atoms with Crippen LogP contribution in [-0.2, 0) is 0 Å². The molecule has 2 N–H and O–H groups in total. The maximum atomic E-state index is 11.7. The second-order valence-electron chi connectivity index (χ2n) is 3.37. The minimum Gasteiger partial charge on any atom is -0.508 e. The molecule has 0 radical (unpaired) electrons. The number of amides is 1. The summed E-state index contributed by atoms with van der Waals surface area (Å²) in [6, 6.07) is 15.8. The number of phenols is 1. The lowest BCUT2D eigenvalue weighted by atomic mass is 10.3. The van der Waals surface area contributed by atoms with Crippen LogP contribution in [0.4, 0.5) is 10.5 Å². The lowest BCUT2D eigenvalue weighted by Gasteiger charge is -2.04. The van der Waals surface area contributed by atoms with Gasteiger partial charge < -0.3 is 10.4 Å². The van der Waals surface area contributed by atoms with Crippen molar-refractivity contribution >= 4 is 22.7 Å². The molecule has 17 heavy (non-hydrogen) atoms. The molecule has 0 bridgehead atoms. The Labute approximate surface area is 103 Å². The van der Waals surface area contributed by atoms with Gasteiger partial charge in [0.1, 0.15) is 5.75 Å². The van der Waals surface area contributed by atoms with E-state index in [1.54, 1.807) is 12.1 Å². The second-order valence-corrected chi connectivity index (χ2v) is 4.42. The maximum Gasteiger partial charge on any atom is 0.288 e. The fourth-order valence-electron chi connectivity index (χ4n) is 1.28. The van der Waals surface area contributed by atoms with Gasteiger partial charge in [-0.05, 0) is 48.2 Å². The molecular formula is C13H11NO2S. The van der Waals surface area contributed by atoms with E-state index in [0.29, 0.717) is 5.69 Å². The van der Waals surface area contributed by atoms with E-state index >= 15 is 0 Å². The predicted octanol–water partition coefficient (Wildman–Crippen LogP) is 3.72. The minimum absolute atomic E-state index is 0.151. The van der Waals surface area contributed by atoms with Crippen LogP contribution in [0.3, 0.4) is 0 Å². The molecule has 0 aliphatic heterocycles. The van der Waals surface area contributed by atoms with E-state index in [1.165, 1.54) is 12.1 Å². The van der Waals surface area contributed by atoms with Crippen LogP contribution in [0.1, 0.15) is 0 Å². The van der Waals surface area contributed by atoms with Crippen LogP contribution in [0.15, 0.2) is 59.5 Å². The summed E-state index contributed by atoms with van der Waals surface area (Å²) < 4.78 is 0. The van der Waals surface area contributed by atoms with Crippen molar-refractivity contribution in [3.8, 4) is 5.75 Å². The Hall–Kier alpha value is -1.94. The number of carbonyl (C=O) groups is 1. The fraction of sp³-hybridized carbons (Fsp3) is 0. The van der Waals surface area contributed by atoms with Gasteiger partial charge in [0.15, 0.2) is 0 Å². The van der Waals surface area contributed by atoms with Crippen molar-refractivity contribution in [3.05, 3.63) is 54.6 Å². The molecule has 0 saturated heterocycles. The van der Waals surface area contributed by atoms with Crippen LogP contribution in [0.2, 0.25) is 0 Å². The van der Waals surface area contributed by atoms with Crippen LogP contribution >= 0.6 is 11.8 Å². The van der Waals surface area contributed by atoms with Gasteiger partial charge in [-0.15, -0.1) is 0 Å². The Morgan fingerprint density at radius 3 is 2.29 bits per heavy atom. The Bertz CT molecular complexity index is 497. The molecule has 0 aliphatic rings. The largest absolute Gasteiger partial charge is 0.508 e. The number of anilines is 1. The molecule has 0 fully saturated rings. The van der Waals surface area contributed by atoms with Crippen LogP contribution in [0, 0.1) is 0 Å². The van der Waals surface area contributed by atoms with E-state index in [4.69, 9.17) is 5.11 Å². The molecule has 0 aliphatic carbocycles. The Morgan fingerprint density at radius 1 is 1.00 bits per heavy atom. The average molecular weight is 245 g/mol. The molecule has 0 aromatic heterocycles. The van der Waals surface area contributed by atoms with E-state index in [9.17, 15) is 4.79 Å². The zero-order chi connectivity index (χ0) is 12.1. The molecule has 0 saturated carbocycles. The molecule has 0 spiro atoms. The first-order valence-electron chi connectivity index (χ1n) is 5.07. The molecule has 0 heterocycles. The van der Waals surface area contributed by atoms with E-state index in [-0.39, 0.29) is 11.0 Å². The van der Waals surface area contributed by atoms with Crippen LogP contribution in [0.25, 0.3) is 0 Å². The Morgan fingerprint density at radius 2 is 1.65 bits per heavy atom. The predicted molar refractivity (Wildman–Crippen MR) is 69.4 cm³/mol. The lowest BCUT2D eigenvalue weighted by molar-refractivity contribution is 0.270. The van der Waals surface area contributed by atoms with Crippen molar-refractivity contribution in [3.63, 3.8) is 0 Å². The Kier molecular flexibility index (Phi) is 3.67. The van der Waals surface area contributed by atoms with E-state index in [1.807, 2.05) is 30.3 Å². The van der Waals surface area contributed by atoms with Crippen molar-refractivity contribution in [1.29, 1.82) is 0 Å². The fourth-order valence-corrected chi connectivity index (χ4v) is 1.96. The molecule has 1 amide bonds. The van der Waals surface area contributed by atoms with Crippen LogP contribution < -0.4 is 5.32 Å². The monoisotopic (exact) mass is 245 g/mol. The molecule has 3 nitrogen and oxygen atoms in total. The summed E-state index contributed by atoms with van der Waals surface area (Å²) in [5, 5.41) is 11.7. The van der Waals surface area contributed by atoms with Gasteiger partial charge in [0.25, 0.3) is 5.24 Å². The van der Waals surface area contributed by atoms with Gasteiger partial charge in [-0.25, -0.2) is 0 Å². The number of benzene rings is 2. The van der Waals surface area contributed by atoms with Gasteiger partial charge in [-0.2, -0.15) is 0 Å². The third-order valence-electron chi connectivity index (χ3n) is 2.07. The van der Waals surface area contributed by atoms with Gasteiger partial charge in [0, 0.05) is 10.6 Å². The van der Waals surface area contributed by atoms with Crippen molar-refractivity contribution in [1.82, 2.24) is 0 Å². The number of thioether (sulfide) groups is 1. The average Bonchev–Trinajstić information content (AvgIpc) is 2.33. The van der Waals surface area contributed by atoms with Gasteiger partial charge in [0.05, 0.1) is 0 Å². The highest BCUT2D eigenvalue weighted by atomic mass is 32.2. The first-order chi connectivity index (χ1) is 8.24. The van der Waals surface area contributed by atoms with Crippen LogP contribution in [0.5, 0.6) is 5.75 Å². The summed E-state index contributed by atoms with van der Waals surface area (Å²) in [7, 11) is 0. The summed E-state index contributed by atoms with van der Waals surface area (Å²) >= 11 is 1.13. The second kappa shape index (κ2) is 5.41. The third-order valence-corrected chi connectivity index (χ3v) is 2.86. The molecular weight excluding hydrogens is 234 g/mol.